The summed E-state index contributed by atoms with van der Waals surface area (Å²) in [4.78, 5) is 39.9. The van der Waals surface area contributed by atoms with E-state index >= 15 is 0 Å². The molecule has 1 aromatic rings. The van der Waals surface area contributed by atoms with Crippen molar-refractivity contribution in [3.63, 3.8) is 0 Å². The van der Waals surface area contributed by atoms with Crippen LogP contribution in [0.1, 0.15) is 46.1 Å². The molecule has 7 heteroatoms. The summed E-state index contributed by atoms with van der Waals surface area (Å²) in [6.07, 6.45) is 0.265. The van der Waals surface area contributed by atoms with Crippen molar-refractivity contribution in [1.82, 2.24) is 10.2 Å². The summed E-state index contributed by atoms with van der Waals surface area (Å²) in [7, 11) is 1.27. The Labute approximate surface area is 166 Å². The second-order valence-corrected chi connectivity index (χ2v) is 8.16. The first kappa shape index (κ1) is 21.7. The van der Waals surface area contributed by atoms with Crippen LogP contribution in [0.3, 0.4) is 0 Å². The number of benzene rings is 1. The van der Waals surface area contributed by atoms with Gasteiger partial charge in [0.1, 0.15) is 11.1 Å². The number of amides is 2. The number of piperidine rings is 1. The lowest BCUT2D eigenvalue weighted by Gasteiger charge is -2.44. The Morgan fingerprint density at radius 2 is 1.89 bits per heavy atom. The summed E-state index contributed by atoms with van der Waals surface area (Å²) >= 11 is 0. The van der Waals surface area contributed by atoms with Gasteiger partial charge in [-0.25, -0.2) is 4.79 Å². The van der Waals surface area contributed by atoms with Crippen molar-refractivity contribution in [2.24, 2.45) is 5.92 Å². The topological polar surface area (TPSA) is 84.9 Å². The zero-order chi connectivity index (χ0) is 20.9. The molecule has 1 saturated heterocycles. The smallest absolute Gasteiger partial charge is 0.408 e. The molecular weight excluding hydrogens is 360 g/mol. The third-order valence-corrected chi connectivity index (χ3v) is 4.90. The van der Waals surface area contributed by atoms with Gasteiger partial charge in [0, 0.05) is 13.1 Å². The van der Waals surface area contributed by atoms with Gasteiger partial charge in [0.15, 0.2) is 0 Å². The highest BCUT2D eigenvalue weighted by Gasteiger charge is 2.52. The molecule has 2 atom stereocenters. The molecule has 1 N–H and O–H groups in total. The average Bonchev–Trinajstić information content (AvgIpc) is 2.63. The highest BCUT2D eigenvalue weighted by molar-refractivity contribution is 5.95. The fraction of sp³-hybridized carbons (Fsp3) is 0.571. The van der Waals surface area contributed by atoms with E-state index in [0.717, 1.165) is 5.56 Å². The summed E-state index contributed by atoms with van der Waals surface area (Å²) in [5.41, 5.74) is -1.14. The van der Waals surface area contributed by atoms with Crippen molar-refractivity contribution in [3.8, 4) is 0 Å². The summed E-state index contributed by atoms with van der Waals surface area (Å²) < 4.78 is 10.2. The minimum Gasteiger partial charge on any atom is -0.469 e. The molecule has 1 aliphatic rings. The maximum Gasteiger partial charge on any atom is 0.408 e. The molecule has 0 radical (unpaired) electrons. The first-order chi connectivity index (χ1) is 13.1. The number of hydrogen-bond donors (Lipinski definition) is 1. The van der Waals surface area contributed by atoms with Crippen LogP contribution in [-0.2, 0) is 25.6 Å². The molecule has 1 aliphatic heterocycles. The molecule has 154 valence electrons. The second-order valence-electron chi connectivity index (χ2n) is 8.16. The Kier molecular flexibility index (Phi) is 6.69. The summed E-state index contributed by atoms with van der Waals surface area (Å²) in [5, 5.41) is 2.72. The van der Waals surface area contributed by atoms with E-state index in [2.05, 4.69) is 5.32 Å². The molecule has 1 aromatic carbocycles. The van der Waals surface area contributed by atoms with Crippen molar-refractivity contribution in [3.05, 3.63) is 35.9 Å². The van der Waals surface area contributed by atoms with Gasteiger partial charge in [0.05, 0.1) is 13.0 Å². The molecule has 0 saturated carbocycles. The van der Waals surface area contributed by atoms with Crippen LogP contribution in [0.5, 0.6) is 0 Å². The molecule has 0 bridgehead atoms. The zero-order valence-electron chi connectivity index (χ0n) is 17.3. The lowest BCUT2D eigenvalue weighted by Crippen LogP contribution is -2.67. The third kappa shape index (κ3) is 5.03. The fourth-order valence-corrected chi connectivity index (χ4v) is 3.48. The van der Waals surface area contributed by atoms with Gasteiger partial charge in [0.25, 0.3) is 0 Å². The van der Waals surface area contributed by atoms with Crippen molar-refractivity contribution >= 4 is 18.0 Å². The van der Waals surface area contributed by atoms with Crippen LogP contribution in [0.2, 0.25) is 0 Å². The highest BCUT2D eigenvalue weighted by Crippen LogP contribution is 2.32. The Morgan fingerprint density at radius 3 is 2.46 bits per heavy atom. The van der Waals surface area contributed by atoms with E-state index in [1.54, 1.807) is 32.6 Å². The normalized spacial score (nSPS) is 21.0. The van der Waals surface area contributed by atoms with E-state index in [-0.39, 0.29) is 5.91 Å². The number of rotatable bonds is 5. The van der Waals surface area contributed by atoms with Gasteiger partial charge in [-0.1, -0.05) is 30.3 Å². The van der Waals surface area contributed by atoms with Crippen LogP contribution < -0.4 is 5.32 Å². The first-order valence-corrected chi connectivity index (χ1v) is 9.51. The largest absolute Gasteiger partial charge is 0.469 e. The van der Waals surface area contributed by atoms with Gasteiger partial charge in [-0.3, -0.25) is 9.59 Å². The van der Waals surface area contributed by atoms with Crippen LogP contribution in [0.25, 0.3) is 0 Å². The van der Waals surface area contributed by atoms with Gasteiger partial charge in [-0.15, -0.1) is 0 Å². The second kappa shape index (κ2) is 8.63. The number of hydrogen-bond acceptors (Lipinski definition) is 5. The maximum atomic E-state index is 13.5. The maximum absolute atomic E-state index is 13.5. The van der Waals surface area contributed by atoms with E-state index in [0.29, 0.717) is 25.9 Å². The number of methoxy groups -OCH3 is 1. The zero-order valence-corrected chi connectivity index (χ0v) is 17.3. The molecule has 0 aromatic heterocycles. The Balaban J connectivity index is 2.32. The SMILES string of the molecule is COC(=O)[C@@H](C)[C@@]1(NC(=O)OC(C)(C)C)CCCN(Cc2ccccc2)C1=O. The van der Waals surface area contributed by atoms with Crippen molar-refractivity contribution in [1.29, 1.82) is 0 Å². The molecular formula is C21H30N2O5. The van der Waals surface area contributed by atoms with Gasteiger partial charge in [-0.05, 0) is 46.1 Å². The lowest BCUT2D eigenvalue weighted by atomic mass is 9.77. The van der Waals surface area contributed by atoms with Crippen LogP contribution in [0.15, 0.2) is 30.3 Å². The number of nitrogens with zero attached hydrogens (tertiary/aromatic N) is 1. The number of alkyl carbamates (subject to hydrolysis) is 1. The summed E-state index contributed by atoms with van der Waals surface area (Å²) in [5.74, 6) is -1.70. The number of likely N-dealkylation sites (tertiary alicyclic amines) is 1. The molecule has 28 heavy (non-hydrogen) atoms. The molecule has 2 rings (SSSR count). The standard InChI is InChI=1S/C21H30N2O5/c1-15(17(24)27-5)21(22-19(26)28-20(2,3)4)12-9-13-23(18(21)25)14-16-10-7-6-8-11-16/h6-8,10-11,15H,9,12-14H2,1-5H3,(H,22,26)/t15-,21+/m1/s1. The monoisotopic (exact) mass is 390 g/mol. The molecule has 2 amide bonds. The van der Waals surface area contributed by atoms with Gasteiger partial charge in [-0.2, -0.15) is 0 Å². The minimum absolute atomic E-state index is 0.300. The van der Waals surface area contributed by atoms with Gasteiger partial charge < -0.3 is 19.7 Å². The van der Waals surface area contributed by atoms with E-state index in [1.165, 1.54) is 7.11 Å². The van der Waals surface area contributed by atoms with Crippen LogP contribution in [-0.4, -0.2) is 47.7 Å². The van der Waals surface area contributed by atoms with Crippen LogP contribution in [0.4, 0.5) is 4.79 Å². The third-order valence-electron chi connectivity index (χ3n) is 4.90. The van der Waals surface area contributed by atoms with E-state index < -0.39 is 29.1 Å². The van der Waals surface area contributed by atoms with Crippen molar-refractivity contribution in [2.75, 3.05) is 13.7 Å². The molecule has 0 aliphatic carbocycles. The van der Waals surface area contributed by atoms with E-state index in [4.69, 9.17) is 9.47 Å². The van der Waals surface area contributed by atoms with E-state index in [9.17, 15) is 14.4 Å². The Hall–Kier alpha value is -2.57. The number of nitrogens with one attached hydrogen (secondary N) is 1. The van der Waals surface area contributed by atoms with Crippen LogP contribution >= 0.6 is 0 Å². The Bertz CT molecular complexity index is 713. The fourth-order valence-electron chi connectivity index (χ4n) is 3.48. The van der Waals surface area contributed by atoms with Crippen molar-refractivity contribution < 1.29 is 23.9 Å². The molecule has 0 unspecified atom stereocenters. The van der Waals surface area contributed by atoms with Gasteiger partial charge >= 0.3 is 12.1 Å². The van der Waals surface area contributed by atoms with Crippen molar-refractivity contribution in [2.45, 2.75) is 58.2 Å². The number of carbonyl (C=O) groups is 3. The van der Waals surface area contributed by atoms with E-state index in [1.807, 2.05) is 30.3 Å². The molecule has 1 fully saturated rings. The number of esters is 1. The average molecular weight is 390 g/mol. The minimum atomic E-state index is -1.40. The highest BCUT2D eigenvalue weighted by atomic mass is 16.6. The van der Waals surface area contributed by atoms with Gasteiger partial charge in [0.2, 0.25) is 5.91 Å². The molecule has 0 spiro atoms. The first-order valence-electron chi connectivity index (χ1n) is 9.51. The Morgan fingerprint density at radius 1 is 1.25 bits per heavy atom. The summed E-state index contributed by atoms with van der Waals surface area (Å²) in [6.45, 7) is 7.80. The number of ether oxygens (including phenoxy) is 2. The quantitative estimate of drug-likeness (QED) is 0.782. The van der Waals surface area contributed by atoms with Crippen LogP contribution in [0, 0.1) is 5.92 Å². The number of carbonyl (C=O) groups excluding carboxylic acids is 3. The summed E-state index contributed by atoms with van der Waals surface area (Å²) in [6, 6.07) is 9.61. The predicted molar refractivity (Wildman–Crippen MR) is 104 cm³/mol. The molecule has 7 nitrogen and oxygen atoms in total. The predicted octanol–water partition coefficient (Wildman–Crippen LogP) is 2.88. The lowest BCUT2D eigenvalue weighted by molar-refractivity contribution is -0.158. The molecule has 1 heterocycles.